The van der Waals surface area contributed by atoms with Crippen molar-refractivity contribution in [1.29, 1.82) is 0 Å². The van der Waals surface area contributed by atoms with Crippen LogP contribution in [0.3, 0.4) is 0 Å². The Kier molecular flexibility index (Phi) is 5.88. The van der Waals surface area contributed by atoms with Crippen molar-refractivity contribution in [2.45, 2.75) is 64.3 Å². The van der Waals surface area contributed by atoms with Gasteiger partial charge in [0.15, 0.2) is 0 Å². The van der Waals surface area contributed by atoms with Crippen molar-refractivity contribution >= 4 is 12.0 Å². The monoisotopic (exact) mass is 296 g/mol. The summed E-state index contributed by atoms with van der Waals surface area (Å²) in [6, 6.07) is -0.413. The third-order valence-corrected chi connectivity index (χ3v) is 5.00. The molecule has 0 aromatic carbocycles. The van der Waals surface area contributed by atoms with E-state index in [0.29, 0.717) is 18.4 Å². The highest BCUT2D eigenvalue weighted by Crippen LogP contribution is 2.34. The Labute approximate surface area is 126 Å². The van der Waals surface area contributed by atoms with Crippen molar-refractivity contribution in [3.05, 3.63) is 0 Å². The van der Waals surface area contributed by atoms with E-state index in [1.807, 2.05) is 0 Å². The van der Waals surface area contributed by atoms with Gasteiger partial charge in [0, 0.05) is 12.6 Å². The molecular weight excluding hydrogens is 268 g/mol. The molecule has 2 amide bonds. The van der Waals surface area contributed by atoms with Crippen molar-refractivity contribution in [2.24, 2.45) is 17.8 Å². The summed E-state index contributed by atoms with van der Waals surface area (Å²) in [7, 11) is 0. The van der Waals surface area contributed by atoms with Gasteiger partial charge in [-0.1, -0.05) is 26.2 Å². The second kappa shape index (κ2) is 7.66. The summed E-state index contributed by atoms with van der Waals surface area (Å²) in [6.07, 6.45) is 8.28. The van der Waals surface area contributed by atoms with Crippen LogP contribution in [0.1, 0.15) is 58.3 Å². The van der Waals surface area contributed by atoms with Gasteiger partial charge in [-0.3, -0.25) is 4.79 Å². The predicted molar refractivity (Wildman–Crippen MR) is 81.0 cm³/mol. The number of aliphatic carboxylic acids is 1. The number of nitrogens with one attached hydrogen (secondary N) is 2. The minimum absolute atomic E-state index is 0.0275. The third-order valence-electron chi connectivity index (χ3n) is 5.00. The minimum Gasteiger partial charge on any atom is -0.481 e. The summed E-state index contributed by atoms with van der Waals surface area (Å²) in [6.45, 7) is 2.96. The molecule has 2 rings (SSSR count). The number of carbonyl (C=O) groups excluding carboxylic acids is 1. The molecule has 1 atom stereocenters. The van der Waals surface area contributed by atoms with Crippen LogP contribution in [0.5, 0.6) is 0 Å². The lowest BCUT2D eigenvalue weighted by Crippen LogP contribution is -2.45. The standard InChI is InChI=1S/C16H28N2O3/c1-2-11-3-5-12(6-4-11)10-17-16(21)18-14(9-15(19)20)13-7-8-13/h11-14H,2-10H2,1H3,(H,19,20)(H2,17,18,21). The van der Waals surface area contributed by atoms with E-state index in [9.17, 15) is 9.59 Å². The molecule has 2 saturated carbocycles. The van der Waals surface area contributed by atoms with Gasteiger partial charge in [0.05, 0.1) is 6.42 Å². The van der Waals surface area contributed by atoms with E-state index in [4.69, 9.17) is 5.11 Å². The second-order valence-electron chi connectivity index (χ2n) is 6.69. The molecule has 0 bridgehead atoms. The maximum Gasteiger partial charge on any atom is 0.315 e. The molecule has 5 nitrogen and oxygen atoms in total. The van der Waals surface area contributed by atoms with E-state index < -0.39 is 5.97 Å². The van der Waals surface area contributed by atoms with Crippen molar-refractivity contribution in [3.8, 4) is 0 Å². The van der Waals surface area contributed by atoms with E-state index >= 15 is 0 Å². The number of carboxylic acid groups (broad SMARTS) is 1. The van der Waals surface area contributed by atoms with Crippen LogP contribution in [0.2, 0.25) is 0 Å². The van der Waals surface area contributed by atoms with Gasteiger partial charge in [0.25, 0.3) is 0 Å². The van der Waals surface area contributed by atoms with E-state index in [0.717, 1.165) is 18.8 Å². The van der Waals surface area contributed by atoms with Gasteiger partial charge in [-0.05, 0) is 43.4 Å². The Balaban J connectivity index is 1.65. The van der Waals surface area contributed by atoms with Crippen LogP contribution in [0.15, 0.2) is 0 Å². The lowest BCUT2D eigenvalue weighted by atomic mass is 9.81. The SMILES string of the molecule is CCC1CCC(CNC(=O)NC(CC(=O)O)C2CC2)CC1. The molecule has 2 aliphatic carbocycles. The molecule has 0 saturated heterocycles. The molecule has 0 radical (unpaired) electrons. The summed E-state index contributed by atoms with van der Waals surface area (Å²) < 4.78 is 0. The molecule has 0 aromatic rings. The number of carboxylic acids is 1. The van der Waals surface area contributed by atoms with Crippen LogP contribution in [0, 0.1) is 17.8 Å². The van der Waals surface area contributed by atoms with E-state index in [1.165, 1.54) is 32.1 Å². The zero-order valence-electron chi connectivity index (χ0n) is 12.9. The molecule has 0 spiro atoms. The molecule has 0 aromatic heterocycles. The number of carbonyl (C=O) groups is 2. The number of amides is 2. The molecule has 2 fully saturated rings. The fourth-order valence-corrected chi connectivity index (χ4v) is 3.32. The van der Waals surface area contributed by atoms with Crippen LogP contribution in [-0.4, -0.2) is 29.7 Å². The van der Waals surface area contributed by atoms with E-state index in [2.05, 4.69) is 17.6 Å². The number of hydrogen-bond acceptors (Lipinski definition) is 2. The zero-order valence-corrected chi connectivity index (χ0v) is 12.9. The molecule has 120 valence electrons. The highest BCUT2D eigenvalue weighted by molar-refractivity contribution is 5.75. The lowest BCUT2D eigenvalue weighted by molar-refractivity contribution is -0.137. The molecule has 5 heteroatoms. The molecule has 0 aliphatic heterocycles. The first-order chi connectivity index (χ1) is 10.1. The first kappa shape index (κ1) is 16.1. The van der Waals surface area contributed by atoms with Gasteiger partial charge >= 0.3 is 12.0 Å². The maximum absolute atomic E-state index is 11.9. The van der Waals surface area contributed by atoms with E-state index in [-0.39, 0.29) is 18.5 Å². The van der Waals surface area contributed by atoms with Gasteiger partial charge in [-0.25, -0.2) is 4.79 Å². The average Bonchev–Trinajstić information content (AvgIpc) is 3.29. The summed E-state index contributed by atoms with van der Waals surface area (Å²) in [5, 5.41) is 14.7. The minimum atomic E-state index is -0.843. The van der Waals surface area contributed by atoms with Gasteiger partial charge in [-0.2, -0.15) is 0 Å². The third kappa shape index (κ3) is 5.56. The van der Waals surface area contributed by atoms with E-state index in [1.54, 1.807) is 0 Å². The second-order valence-corrected chi connectivity index (χ2v) is 6.69. The number of rotatable bonds is 7. The highest BCUT2D eigenvalue weighted by atomic mass is 16.4. The Morgan fingerprint density at radius 3 is 2.24 bits per heavy atom. The lowest BCUT2D eigenvalue weighted by Gasteiger charge is -2.28. The average molecular weight is 296 g/mol. The molecular formula is C16H28N2O3. The Morgan fingerprint density at radius 1 is 1.10 bits per heavy atom. The van der Waals surface area contributed by atoms with Crippen LogP contribution in [-0.2, 0) is 4.79 Å². The van der Waals surface area contributed by atoms with Gasteiger partial charge in [0.1, 0.15) is 0 Å². The number of hydrogen-bond donors (Lipinski definition) is 3. The largest absolute Gasteiger partial charge is 0.481 e. The molecule has 2 aliphatic rings. The highest BCUT2D eigenvalue weighted by Gasteiger charge is 2.33. The Hall–Kier alpha value is -1.26. The molecule has 1 unspecified atom stereocenters. The van der Waals surface area contributed by atoms with Crippen molar-refractivity contribution in [1.82, 2.24) is 10.6 Å². The van der Waals surface area contributed by atoms with Gasteiger partial charge < -0.3 is 15.7 Å². The van der Waals surface area contributed by atoms with Crippen molar-refractivity contribution < 1.29 is 14.7 Å². The summed E-state index contributed by atoms with van der Waals surface area (Å²) in [5.74, 6) is 0.958. The van der Waals surface area contributed by atoms with Crippen molar-refractivity contribution in [3.63, 3.8) is 0 Å². The Morgan fingerprint density at radius 2 is 1.71 bits per heavy atom. The Bertz CT molecular complexity index is 361. The first-order valence-corrected chi connectivity index (χ1v) is 8.34. The smallest absolute Gasteiger partial charge is 0.315 e. The fraction of sp³-hybridized carbons (Fsp3) is 0.875. The summed E-state index contributed by atoms with van der Waals surface area (Å²) >= 11 is 0. The molecule has 3 N–H and O–H groups in total. The first-order valence-electron chi connectivity index (χ1n) is 8.34. The molecule has 21 heavy (non-hydrogen) atoms. The number of urea groups is 1. The molecule has 0 heterocycles. The topological polar surface area (TPSA) is 78.4 Å². The van der Waals surface area contributed by atoms with Crippen LogP contribution >= 0.6 is 0 Å². The zero-order chi connectivity index (χ0) is 15.2. The quantitative estimate of drug-likeness (QED) is 0.676. The predicted octanol–water partition coefficient (Wildman–Crippen LogP) is 2.76. The summed E-state index contributed by atoms with van der Waals surface area (Å²) in [4.78, 5) is 22.7. The fourth-order valence-electron chi connectivity index (χ4n) is 3.32. The normalized spacial score (nSPS) is 26.9. The van der Waals surface area contributed by atoms with Gasteiger partial charge in [0.2, 0.25) is 0 Å². The van der Waals surface area contributed by atoms with Crippen LogP contribution in [0.25, 0.3) is 0 Å². The maximum atomic E-state index is 11.9. The summed E-state index contributed by atoms with van der Waals surface area (Å²) in [5.41, 5.74) is 0. The van der Waals surface area contributed by atoms with Crippen LogP contribution < -0.4 is 10.6 Å². The van der Waals surface area contributed by atoms with Crippen LogP contribution in [0.4, 0.5) is 4.79 Å². The van der Waals surface area contributed by atoms with Crippen molar-refractivity contribution in [2.75, 3.05) is 6.54 Å². The van der Waals surface area contributed by atoms with Gasteiger partial charge in [-0.15, -0.1) is 0 Å².